The van der Waals surface area contributed by atoms with E-state index < -0.39 is 0 Å². The molecule has 0 unspecified atom stereocenters. The van der Waals surface area contributed by atoms with E-state index in [1.54, 1.807) is 48.5 Å². The van der Waals surface area contributed by atoms with Gasteiger partial charge in [-0.05, 0) is 98.7 Å². The minimum absolute atomic E-state index is 0.0780. The van der Waals surface area contributed by atoms with Gasteiger partial charge in [0, 0.05) is 50.4 Å². The molecule has 236 valence electrons. The van der Waals surface area contributed by atoms with E-state index in [4.69, 9.17) is 0 Å². The number of nitrogens with one attached hydrogen (secondary N) is 2. The van der Waals surface area contributed by atoms with Gasteiger partial charge < -0.3 is 20.4 Å². The number of hydrogen-bond acceptors (Lipinski definition) is 8. The minimum Gasteiger partial charge on any atom is -0.352 e. The second-order valence-corrected chi connectivity index (χ2v) is 11.1. The number of carbonyl (C=O) groups is 2. The van der Waals surface area contributed by atoms with Gasteiger partial charge >= 0.3 is 0 Å². The van der Waals surface area contributed by atoms with Crippen molar-refractivity contribution in [3.05, 3.63) is 120 Å². The number of azo groups is 2. The standard InChI is InChI=1S/C36H40N8O2/c45-35(29-13-17-33(18-14-29)41-39-31-9-3-1-4-10-31)37-21-7-23-43-25-27-44(28-26-43)24-8-22-38-36(46)30-15-19-34(20-16-30)42-40-32-11-5-2-6-12-32/h1-6,9-20H,7-8,21-28H2,(H,37,45)(H,38,46). The molecule has 10 nitrogen and oxygen atoms in total. The third kappa shape index (κ3) is 10.5. The zero-order valence-corrected chi connectivity index (χ0v) is 26.0. The molecule has 2 N–H and O–H groups in total. The average Bonchev–Trinajstić information content (AvgIpc) is 3.12. The molecule has 1 fully saturated rings. The molecular formula is C36H40N8O2. The number of rotatable bonds is 14. The van der Waals surface area contributed by atoms with Gasteiger partial charge in [0.25, 0.3) is 11.8 Å². The van der Waals surface area contributed by atoms with Crippen LogP contribution in [0.5, 0.6) is 0 Å². The van der Waals surface area contributed by atoms with Crippen molar-refractivity contribution < 1.29 is 9.59 Å². The molecule has 1 aliphatic rings. The van der Waals surface area contributed by atoms with Gasteiger partial charge in [-0.2, -0.15) is 20.5 Å². The summed E-state index contributed by atoms with van der Waals surface area (Å²) in [5, 5.41) is 22.9. The summed E-state index contributed by atoms with van der Waals surface area (Å²) in [6, 6.07) is 33.4. The van der Waals surface area contributed by atoms with Crippen molar-refractivity contribution in [2.75, 3.05) is 52.4 Å². The first-order valence-corrected chi connectivity index (χ1v) is 15.8. The molecule has 46 heavy (non-hydrogen) atoms. The van der Waals surface area contributed by atoms with Crippen LogP contribution in [-0.2, 0) is 0 Å². The molecule has 0 radical (unpaired) electrons. The van der Waals surface area contributed by atoms with Gasteiger partial charge in [-0.15, -0.1) is 0 Å². The molecule has 1 saturated heterocycles. The van der Waals surface area contributed by atoms with Gasteiger partial charge in [-0.25, -0.2) is 0 Å². The highest BCUT2D eigenvalue weighted by Gasteiger charge is 2.16. The van der Waals surface area contributed by atoms with Crippen LogP contribution in [0.4, 0.5) is 22.7 Å². The summed E-state index contributed by atoms with van der Waals surface area (Å²) < 4.78 is 0. The Kier molecular flexibility index (Phi) is 12.3. The first kappa shape index (κ1) is 32.3. The summed E-state index contributed by atoms with van der Waals surface area (Å²) >= 11 is 0. The number of nitrogens with zero attached hydrogens (tertiary/aromatic N) is 6. The molecule has 0 aliphatic carbocycles. The van der Waals surface area contributed by atoms with Crippen LogP contribution in [0.2, 0.25) is 0 Å². The van der Waals surface area contributed by atoms with E-state index in [-0.39, 0.29) is 11.8 Å². The van der Waals surface area contributed by atoms with Crippen molar-refractivity contribution in [1.82, 2.24) is 20.4 Å². The second-order valence-electron chi connectivity index (χ2n) is 11.1. The van der Waals surface area contributed by atoms with Gasteiger partial charge in [0.15, 0.2) is 0 Å². The Morgan fingerprint density at radius 2 is 0.804 bits per heavy atom. The molecule has 1 aliphatic heterocycles. The van der Waals surface area contributed by atoms with Crippen LogP contribution in [0, 0.1) is 0 Å². The third-order valence-corrected chi connectivity index (χ3v) is 7.67. The Morgan fingerprint density at radius 1 is 0.478 bits per heavy atom. The highest BCUT2D eigenvalue weighted by atomic mass is 16.2. The summed E-state index contributed by atoms with van der Waals surface area (Å²) in [7, 11) is 0. The maximum absolute atomic E-state index is 12.5. The number of benzene rings is 4. The molecule has 2 amide bonds. The van der Waals surface area contributed by atoms with Gasteiger partial charge in [0.1, 0.15) is 0 Å². The van der Waals surface area contributed by atoms with E-state index in [9.17, 15) is 9.59 Å². The normalized spacial score (nSPS) is 14.1. The van der Waals surface area contributed by atoms with Crippen molar-refractivity contribution in [3.63, 3.8) is 0 Å². The number of piperazine rings is 1. The van der Waals surface area contributed by atoms with Crippen molar-refractivity contribution in [1.29, 1.82) is 0 Å². The molecular weight excluding hydrogens is 576 g/mol. The fourth-order valence-electron chi connectivity index (χ4n) is 5.03. The lowest BCUT2D eigenvalue weighted by Crippen LogP contribution is -2.47. The molecule has 5 rings (SSSR count). The van der Waals surface area contributed by atoms with E-state index in [0.717, 1.165) is 63.5 Å². The predicted octanol–water partition coefficient (Wildman–Crippen LogP) is 7.08. The first-order valence-electron chi connectivity index (χ1n) is 15.8. The maximum Gasteiger partial charge on any atom is 0.251 e. The lowest BCUT2D eigenvalue weighted by atomic mass is 10.2. The Labute approximate surface area is 270 Å². The van der Waals surface area contributed by atoms with Crippen molar-refractivity contribution in [2.45, 2.75) is 12.8 Å². The quantitative estimate of drug-likeness (QED) is 0.116. The van der Waals surface area contributed by atoms with E-state index in [1.165, 1.54) is 0 Å². The summed E-state index contributed by atoms with van der Waals surface area (Å²) in [6.07, 6.45) is 1.80. The summed E-state index contributed by atoms with van der Waals surface area (Å²) in [5.41, 5.74) is 4.21. The smallest absolute Gasteiger partial charge is 0.251 e. The molecule has 0 bridgehead atoms. The van der Waals surface area contributed by atoms with Crippen LogP contribution in [0.3, 0.4) is 0 Å². The zero-order chi connectivity index (χ0) is 31.8. The molecule has 0 aromatic heterocycles. The molecule has 4 aromatic carbocycles. The molecule has 1 heterocycles. The van der Waals surface area contributed by atoms with E-state index in [1.807, 2.05) is 60.7 Å². The fraction of sp³-hybridized carbons (Fsp3) is 0.278. The molecule has 0 atom stereocenters. The molecule has 10 heteroatoms. The summed E-state index contributed by atoms with van der Waals surface area (Å²) in [5.74, 6) is -0.156. The van der Waals surface area contributed by atoms with Crippen LogP contribution in [0.1, 0.15) is 33.6 Å². The zero-order valence-electron chi connectivity index (χ0n) is 26.0. The van der Waals surface area contributed by atoms with Gasteiger partial charge in [-0.3, -0.25) is 9.59 Å². The maximum atomic E-state index is 12.5. The second kappa shape index (κ2) is 17.4. The highest BCUT2D eigenvalue weighted by Crippen LogP contribution is 2.19. The largest absolute Gasteiger partial charge is 0.352 e. The van der Waals surface area contributed by atoms with E-state index >= 15 is 0 Å². The van der Waals surface area contributed by atoms with Crippen molar-refractivity contribution in [3.8, 4) is 0 Å². The van der Waals surface area contributed by atoms with Crippen molar-refractivity contribution >= 4 is 34.6 Å². The Hall–Kier alpha value is -5.06. The number of amides is 2. The Bertz CT molecular complexity index is 1450. The first-order chi connectivity index (χ1) is 22.6. The summed E-state index contributed by atoms with van der Waals surface area (Å²) in [4.78, 5) is 30.0. The fourth-order valence-corrected chi connectivity index (χ4v) is 5.03. The van der Waals surface area contributed by atoms with Gasteiger partial charge in [0.05, 0.1) is 22.7 Å². The van der Waals surface area contributed by atoms with Gasteiger partial charge in [-0.1, -0.05) is 36.4 Å². The Morgan fingerprint density at radius 3 is 1.15 bits per heavy atom. The molecule has 0 saturated carbocycles. The minimum atomic E-state index is -0.0780. The van der Waals surface area contributed by atoms with E-state index in [0.29, 0.717) is 35.6 Å². The van der Waals surface area contributed by atoms with Crippen LogP contribution < -0.4 is 10.6 Å². The Balaban J connectivity index is 0.906. The lowest BCUT2D eigenvalue weighted by molar-refractivity contribution is 0.0935. The third-order valence-electron chi connectivity index (χ3n) is 7.67. The highest BCUT2D eigenvalue weighted by molar-refractivity contribution is 5.94. The van der Waals surface area contributed by atoms with Crippen LogP contribution >= 0.6 is 0 Å². The summed E-state index contributed by atoms with van der Waals surface area (Å²) in [6.45, 7) is 7.20. The monoisotopic (exact) mass is 616 g/mol. The number of hydrogen-bond donors (Lipinski definition) is 2. The molecule has 4 aromatic rings. The number of carbonyl (C=O) groups excluding carboxylic acids is 2. The van der Waals surface area contributed by atoms with E-state index in [2.05, 4.69) is 40.9 Å². The van der Waals surface area contributed by atoms with Crippen LogP contribution in [-0.4, -0.2) is 74.0 Å². The predicted molar refractivity (Wildman–Crippen MR) is 181 cm³/mol. The van der Waals surface area contributed by atoms with Gasteiger partial charge in [0.2, 0.25) is 0 Å². The van der Waals surface area contributed by atoms with Crippen molar-refractivity contribution in [2.24, 2.45) is 20.5 Å². The molecule has 0 spiro atoms. The van der Waals surface area contributed by atoms with Crippen LogP contribution in [0.15, 0.2) is 130 Å². The average molecular weight is 617 g/mol. The van der Waals surface area contributed by atoms with Crippen LogP contribution in [0.25, 0.3) is 0 Å². The SMILES string of the molecule is O=C(NCCCN1CCN(CCCNC(=O)c2ccc(N=Nc3ccccc3)cc2)CC1)c1ccc(N=Nc2ccccc2)cc1. The lowest BCUT2D eigenvalue weighted by Gasteiger charge is -2.34. The topological polar surface area (TPSA) is 114 Å².